The first-order valence-electron chi connectivity index (χ1n) is 23.8. The number of carbonyl (C=O) groups excluding carboxylic acids is 4. The Labute approximate surface area is 397 Å². The molecule has 2 saturated heterocycles. The summed E-state index contributed by atoms with van der Waals surface area (Å²) >= 11 is 0. The number of amides is 4. The van der Waals surface area contributed by atoms with E-state index in [1.807, 2.05) is 46.0 Å². The van der Waals surface area contributed by atoms with Gasteiger partial charge in [0.05, 0.1) is 49.6 Å². The molecule has 4 amide bonds. The van der Waals surface area contributed by atoms with Crippen LogP contribution in [0.15, 0.2) is 64.2 Å². The van der Waals surface area contributed by atoms with Gasteiger partial charge in [0.25, 0.3) is 10.0 Å². The third-order valence-electron chi connectivity index (χ3n) is 14.7. The molecule has 68 heavy (non-hydrogen) atoms. The molecule has 5 aliphatic rings. The molecular formula is C50H61N9O8S. The molecule has 1 saturated carbocycles. The number of likely N-dealkylation sites (tertiary alicyclic amines) is 2. The van der Waals surface area contributed by atoms with E-state index in [2.05, 4.69) is 49.6 Å². The number of ether oxygens (including phenoxy) is 2. The number of pyridine rings is 1. The predicted molar refractivity (Wildman–Crippen MR) is 256 cm³/mol. The minimum atomic E-state index is -4.11. The van der Waals surface area contributed by atoms with Crippen LogP contribution in [-0.4, -0.2) is 108 Å². The van der Waals surface area contributed by atoms with E-state index in [1.54, 1.807) is 22.1 Å². The van der Waals surface area contributed by atoms with Crippen molar-refractivity contribution in [3.8, 4) is 33.6 Å². The highest BCUT2D eigenvalue weighted by Crippen LogP contribution is 2.53. The molecule has 0 radical (unpaired) electrons. The number of imidazole rings is 1. The molecule has 360 valence electrons. The number of carbonyl (C=O) groups is 4. The molecule has 18 heteroatoms. The summed E-state index contributed by atoms with van der Waals surface area (Å²) in [6, 6.07) is 11.2. The van der Waals surface area contributed by atoms with Crippen LogP contribution in [0.4, 0.5) is 15.3 Å². The van der Waals surface area contributed by atoms with Crippen molar-refractivity contribution in [2.45, 2.75) is 121 Å². The lowest BCUT2D eigenvalue weighted by Gasteiger charge is -2.32. The molecule has 3 fully saturated rings. The lowest BCUT2D eigenvalue weighted by molar-refractivity contribution is -0.135. The van der Waals surface area contributed by atoms with Crippen LogP contribution in [0.3, 0.4) is 0 Å². The van der Waals surface area contributed by atoms with Gasteiger partial charge in [-0.1, -0.05) is 70.9 Å². The Morgan fingerprint density at radius 3 is 1.93 bits per heavy atom. The lowest BCUT2D eigenvalue weighted by Crippen LogP contribution is -2.54. The number of nitrogens with zero attached hydrogens (tertiary/aromatic N) is 5. The van der Waals surface area contributed by atoms with Crippen molar-refractivity contribution in [2.75, 3.05) is 32.6 Å². The number of hydrogen-bond acceptors (Lipinski definition) is 11. The molecule has 3 aliphatic heterocycles. The van der Waals surface area contributed by atoms with E-state index in [4.69, 9.17) is 19.4 Å². The average Bonchev–Trinajstić information content (AvgIpc) is 4.19. The van der Waals surface area contributed by atoms with Crippen molar-refractivity contribution in [1.29, 1.82) is 0 Å². The SMILES string of the molecule is COC(=O)NC(C(=O)N1CCCC1C1=NS(=O)(=O)c2ccc(-c3cnc(-c4ccc(-c5cnc(C6CCCN6C(=O)C(NC(=O)OC)C(C)C)[nH]5)cc4)c4c3CC3(CCCC3)C4)cc2N1)C(C)C. The molecular weight excluding hydrogens is 887 g/mol. The third kappa shape index (κ3) is 8.82. The summed E-state index contributed by atoms with van der Waals surface area (Å²) in [4.78, 5) is 68.7. The fraction of sp³-hybridized carbons (Fsp3) is 0.500. The third-order valence-corrected chi connectivity index (χ3v) is 16.0. The van der Waals surface area contributed by atoms with Crippen molar-refractivity contribution in [1.82, 2.24) is 35.4 Å². The summed E-state index contributed by atoms with van der Waals surface area (Å²) in [6.07, 6.45) is 11.6. The first-order valence-corrected chi connectivity index (χ1v) is 25.3. The van der Waals surface area contributed by atoms with Crippen LogP contribution in [0.5, 0.6) is 0 Å². The monoisotopic (exact) mass is 947 g/mol. The van der Waals surface area contributed by atoms with Crippen molar-refractivity contribution in [3.05, 3.63) is 71.8 Å². The molecule has 4 unspecified atom stereocenters. The summed E-state index contributed by atoms with van der Waals surface area (Å²) < 4.78 is 41.4. The van der Waals surface area contributed by atoms with Crippen LogP contribution in [0.1, 0.15) is 102 Å². The summed E-state index contributed by atoms with van der Waals surface area (Å²) in [5.41, 5.74) is 8.49. The number of benzene rings is 2. The number of sulfonamides is 1. The Kier molecular flexibility index (Phi) is 12.8. The van der Waals surface area contributed by atoms with Crippen molar-refractivity contribution < 1.29 is 37.1 Å². The van der Waals surface area contributed by atoms with E-state index in [9.17, 15) is 27.6 Å². The van der Waals surface area contributed by atoms with E-state index < -0.39 is 40.3 Å². The number of rotatable bonds is 11. The first-order chi connectivity index (χ1) is 32.6. The number of hydrogen-bond donors (Lipinski definition) is 4. The zero-order chi connectivity index (χ0) is 48.1. The highest BCUT2D eigenvalue weighted by Gasteiger charge is 2.44. The number of fused-ring (bicyclic) bond motifs is 2. The molecule has 0 bridgehead atoms. The number of anilines is 1. The molecule has 4 N–H and O–H groups in total. The smallest absolute Gasteiger partial charge is 0.407 e. The van der Waals surface area contributed by atoms with Gasteiger partial charge in [-0.05, 0) is 103 Å². The predicted octanol–water partition coefficient (Wildman–Crippen LogP) is 7.39. The highest BCUT2D eigenvalue weighted by atomic mass is 32.2. The molecule has 9 rings (SSSR count). The Hall–Kier alpha value is -6.30. The normalized spacial score (nSPS) is 21.0. The molecule has 5 heterocycles. The Bertz CT molecular complexity index is 2760. The van der Waals surface area contributed by atoms with Crippen molar-refractivity contribution >= 4 is 45.5 Å². The molecule has 2 aromatic carbocycles. The van der Waals surface area contributed by atoms with Gasteiger partial charge in [0.15, 0.2) is 0 Å². The summed E-state index contributed by atoms with van der Waals surface area (Å²) in [7, 11) is -1.58. The molecule has 4 atom stereocenters. The number of methoxy groups -OCH3 is 2. The quantitative estimate of drug-likeness (QED) is 0.116. The standard InChI is InChI=1S/C50H61N9O8S/c1-28(2)41(55-48(62)66-5)46(60)58-21-9-11-38(58)44-52-27-37(54-44)30-13-15-31(16-14-30)43-34-25-50(19-7-8-20-50)24-33(34)35(26-51-43)32-17-18-40-36(23-32)53-45(57-68(40,64)65)39-12-10-22-59(39)47(61)42(29(3)4)56-49(63)67-6/h13-18,23,26-29,38-39,41-42H,7-12,19-22,24-25H2,1-6H3,(H,52,54)(H,53,57)(H,55,62)(H,56,63). The highest BCUT2D eigenvalue weighted by molar-refractivity contribution is 7.90. The fourth-order valence-corrected chi connectivity index (χ4v) is 12.3. The number of nitrogens with one attached hydrogen (secondary N) is 4. The van der Waals surface area contributed by atoms with Gasteiger partial charge in [-0.15, -0.1) is 4.40 Å². The molecule has 1 spiro atoms. The second kappa shape index (κ2) is 18.7. The number of aromatic nitrogens is 3. The summed E-state index contributed by atoms with van der Waals surface area (Å²) in [6.45, 7) is 8.42. The van der Waals surface area contributed by atoms with Crippen molar-refractivity contribution in [2.24, 2.45) is 21.6 Å². The van der Waals surface area contributed by atoms with Gasteiger partial charge in [-0.25, -0.2) is 14.6 Å². The molecule has 2 aromatic heterocycles. The van der Waals surface area contributed by atoms with Crippen LogP contribution < -0.4 is 16.0 Å². The number of alkyl carbamates (subject to hydrolysis) is 2. The van der Waals surface area contributed by atoms with Gasteiger partial charge in [-0.3, -0.25) is 14.6 Å². The van der Waals surface area contributed by atoms with Crippen LogP contribution >= 0.6 is 0 Å². The maximum Gasteiger partial charge on any atom is 0.407 e. The second-order valence-corrected chi connectivity index (χ2v) is 21.3. The van der Waals surface area contributed by atoms with Crippen LogP contribution in [0.2, 0.25) is 0 Å². The molecule has 17 nitrogen and oxygen atoms in total. The van der Waals surface area contributed by atoms with Gasteiger partial charge in [0.2, 0.25) is 11.8 Å². The average molecular weight is 948 g/mol. The van der Waals surface area contributed by atoms with Gasteiger partial charge in [0, 0.05) is 30.4 Å². The number of aromatic amines is 1. The first kappa shape index (κ1) is 46.8. The van der Waals surface area contributed by atoms with E-state index >= 15 is 0 Å². The Morgan fingerprint density at radius 2 is 1.31 bits per heavy atom. The summed E-state index contributed by atoms with van der Waals surface area (Å²) in [5.74, 6) is 0.0275. The number of amidine groups is 1. The van der Waals surface area contributed by atoms with Gasteiger partial charge < -0.3 is 40.2 Å². The maximum absolute atomic E-state index is 13.9. The zero-order valence-corrected chi connectivity index (χ0v) is 40.4. The molecule has 2 aliphatic carbocycles. The van der Waals surface area contributed by atoms with Gasteiger partial charge in [-0.2, -0.15) is 8.42 Å². The lowest BCUT2D eigenvalue weighted by atomic mass is 9.82. The van der Waals surface area contributed by atoms with E-state index in [-0.39, 0.29) is 45.8 Å². The fourth-order valence-electron chi connectivity index (χ4n) is 11.1. The summed E-state index contributed by atoms with van der Waals surface area (Å²) in [5, 5.41) is 8.68. The maximum atomic E-state index is 13.9. The van der Waals surface area contributed by atoms with Crippen LogP contribution in [0, 0.1) is 17.3 Å². The minimum Gasteiger partial charge on any atom is -0.453 e. The Morgan fingerprint density at radius 1 is 0.735 bits per heavy atom. The topological polar surface area (TPSA) is 217 Å². The van der Waals surface area contributed by atoms with E-state index in [0.29, 0.717) is 37.4 Å². The molecule has 4 aromatic rings. The minimum absolute atomic E-state index is 0.0630. The van der Waals surface area contributed by atoms with Gasteiger partial charge in [0.1, 0.15) is 28.6 Å². The second-order valence-electron chi connectivity index (χ2n) is 19.7. The van der Waals surface area contributed by atoms with E-state index in [0.717, 1.165) is 72.2 Å². The zero-order valence-electron chi connectivity index (χ0n) is 39.6. The van der Waals surface area contributed by atoms with Gasteiger partial charge >= 0.3 is 12.2 Å². The Balaban J connectivity index is 0.975. The number of H-pyrrole nitrogens is 1. The van der Waals surface area contributed by atoms with Crippen molar-refractivity contribution in [3.63, 3.8) is 0 Å². The van der Waals surface area contributed by atoms with E-state index in [1.165, 1.54) is 38.2 Å². The van der Waals surface area contributed by atoms with Crippen LogP contribution in [-0.2, 0) is 41.9 Å². The van der Waals surface area contributed by atoms with Crippen LogP contribution in [0.25, 0.3) is 33.6 Å². The largest absolute Gasteiger partial charge is 0.453 e.